The molecule has 1 nitrogen and oxygen atoms in total. The van der Waals surface area contributed by atoms with E-state index >= 15 is 0 Å². The van der Waals surface area contributed by atoms with Crippen LogP contribution in [0.15, 0.2) is 24.3 Å². The maximum Gasteiger partial charge on any atom is 0.137 e. The standard InChI is InChI=1S/C11H16O/c1-7(2)9(4)11-6-10(12)5-8(11)3/h9,11H,1,3,5-6H2,2,4H3. The molecule has 1 rings (SSSR count). The maximum atomic E-state index is 11.1. The Morgan fingerprint density at radius 3 is 2.58 bits per heavy atom. The van der Waals surface area contributed by atoms with Gasteiger partial charge in [0, 0.05) is 12.8 Å². The summed E-state index contributed by atoms with van der Waals surface area (Å²) < 4.78 is 0. The smallest absolute Gasteiger partial charge is 0.137 e. The van der Waals surface area contributed by atoms with Gasteiger partial charge in [-0.25, -0.2) is 0 Å². The van der Waals surface area contributed by atoms with Crippen molar-refractivity contribution in [3.63, 3.8) is 0 Å². The predicted octanol–water partition coefficient (Wildman–Crippen LogP) is 2.73. The molecular weight excluding hydrogens is 148 g/mol. The van der Waals surface area contributed by atoms with Gasteiger partial charge in [0.2, 0.25) is 0 Å². The van der Waals surface area contributed by atoms with Gasteiger partial charge in [-0.2, -0.15) is 0 Å². The van der Waals surface area contributed by atoms with Crippen molar-refractivity contribution < 1.29 is 4.79 Å². The Labute approximate surface area is 74.2 Å². The van der Waals surface area contributed by atoms with Gasteiger partial charge in [-0.05, 0) is 18.8 Å². The van der Waals surface area contributed by atoms with Gasteiger partial charge in [-0.1, -0.05) is 31.2 Å². The van der Waals surface area contributed by atoms with Gasteiger partial charge in [-0.3, -0.25) is 4.79 Å². The van der Waals surface area contributed by atoms with Crippen LogP contribution in [0.2, 0.25) is 0 Å². The lowest BCUT2D eigenvalue weighted by Gasteiger charge is -2.19. The molecule has 0 amide bonds. The number of hydrogen-bond acceptors (Lipinski definition) is 1. The fraction of sp³-hybridized carbons (Fsp3) is 0.545. The van der Waals surface area contributed by atoms with E-state index in [1.54, 1.807) is 0 Å². The fourth-order valence-corrected chi connectivity index (χ4v) is 1.72. The summed E-state index contributed by atoms with van der Waals surface area (Å²) in [6.45, 7) is 12.0. The SMILES string of the molecule is C=C(C)C(C)C1CC(=O)CC1=C. The van der Waals surface area contributed by atoms with Gasteiger partial charge >= 0.3 is 0 Å². The number of rotatable bonds is 2. The summed E-state index contributed by atoms with van der Waals surface area (Å²) >= 11 is 0. The molecule has 1 aliphatic carbocycles. The molecule has 0 aliphatic heterocycles. The third-order valence-corrected chi connectivity index (χ3v) is 2.78. The molecule has 0 aromatic heterocycles. The summed E-state index contributed by atoms with van der Waals surface area (Å²) in [4.78, 5) is 11.1. The van der Waals surface area contributed by atoms with E-state index in [9.17, 15) is 4.79 Å². The second-order valence-electron chi connectivity index (χ2n) is 3.82. The Hall–Kier alpha value is -0.850. The number of Topliss-reactive ketones (excluding diaryl/α,β-unsaturated/α-hetero) is 1. The lowest BCUT2D eigenvalue weighted by molar-refractivity contribution is -0.117. The van der Waals surface area contributed by atoms with Crippen molar-refractivity contribution in [1.29, 1.82) is 0 Å². The van der Waals surface area contributed by atoms with Crippen LogP contribution in [0.4, 0.5) is 0 Å². The summed E-state index contributed by atoms with van der Waals surface area (Å²) in [5.41, 5.74) is 2.24. The molecule has 0 bridgehead atoms. The van der Waals surface area contributed by atoms with Crippen LogP contribution in [0.25, 0.3) is 0 Å². The zero-order chi connectivity index (χ0) is 9.30. The van der Waals surface area contributed by atoms with Gasteiger partial charge in [-0.15, -0.1) is 0 Å². The van der Waals surface area contributed by atoms with E-state index in [-0.39, 0.29) is 0 Å². The summed E-state index contributed by atoms with van der Waals surface area (Å²) in [5.74, 6) is 1.09. The van der Waals surface area contributed by atoms with Crippen molar-refractivity contribution in [3.05, 3.63) is 24.3 Å². The van der Waals surface area contributed by atoms with Gasteiger partial charge < -0.3 is 0 Å². The highest BCUT2D eigenvalue weighted by Gasteiger charge is 2.30. The van der Waals surface area contributed by atoms with Crippen LogP contribution in [-0.2, 0) is 4.79 Å². The van der Waals surface area contributed by atoms with E-state index in [2.05, 4.69) is 20.1 Å². The lowest BCUT2D eigenvalue weighted by Crippen LogP contribution is -2.10. The zero-order valence-corrected chi connectivity index (χ0v) is 7.89. The van der Waals surface area contributed by atoms with Crippen LogP contribution in [0, 0.1) is 11.8 Å². The minimum Gasteiger partial charge on any atom is -0.299 e. The number of hydrogen-bond donors (Lipinski definition) is 0. The highest BCUT2D eigenvalue weighted by Crippen LogP contribution is 2.35. The van der Waals surface area contributed by atoms with Gasteiger partial charge in [0.05, 0.1) is 0 Å². The third kappa shape index (κ3) is 1.66. The minimum absolute atomic E-state index is 0.332. The Balaban J connectivity index is 2.70. The topological polar surface area (TPSA) is 17.1 Å². The molecule has 12 heavy (non-hydrogen) atoms. The van der Waals surface area contributed by atoms with Crippen LogP contribution in [0.5, 0.6) is 0 Å². The number of carbonyl (C=O) groups is 1. The molecule has 0 saturated heterocycles. The van der Waals surface area contributed by atoms with Crippen molar-refractivity contribution in [2.75, 3.05) is 0 Å². The molecule has 0 aromatic rings. The molecule has 1 aliphatic rings. The first-order valence-electron chi connectivity index (χ1n) is 4.37. The minimum atomic E-state index is 0.332. The van der Waals surface area contributed by atoms with Crippen LogP contribution >= 0.6 is 0 Å². The van der Waals surface area contributed by atoms with E-state index in [1.807, 2.05) is 6.92 Å². The van der Waals surface area contributed by atoms with E-state index in [1.165, 1.54) is 0 Å². The largest absolute Gasteiger partial charge is 0.299 e. The van der Waals surface area contributed by atoms with E-state index in [0.717, 1.165) is 11.1 Å². The second kappa shape index (κ2) is 3.26. The molecule has 0 heterocycles. The molecule has 1 saturated carbocycles. The summed E-state index contributed by atoms with van der Waals surface area (Å²) in [7, 11) is 0. The lowest BCUT2D eigenvalue weighted by atomic mass is 9.85. The van der Waals surface area contributed by atoms with Crippen molar-refractivity contribution >= 4 is 5.78 Å². The highest BCUT2D eigenvalue weighted by molar-refractivity contribution is 5.84. The number of ketones is 1. The van der Waals surface area contributed by atoms with Crippen molar-refractivity contribution in [1.82, 2.24) is 0 Å². The predicted molar refractivity (Wildman–Crippen MR) is 50.8 cm³/mol. The van der Waals surface area contributed by atoms with Gasteiger partial charge in [0.25, 0.3) is 0 Å². The number of allylic oxidation sites excluding steroid dienone is 2. The van der Waals surface area contributed by atoms with Crippen molar-refractivity contribution in [2.24, 2.45) is 11.8 Å². The van der Waals surface area contributed by atoms with E-state index in [4.69, 9.17) is 0 Å². The molecular formula is C11H16O. The molecule has 1 fully saturated rings. The fourth-order valence-electron chi connectivity index (χ4n) is 1.72. The summed E-state index contributed by atoms with van der Waals surface area (Å²) in [5, 5.41) is 0. The van der Waals surface area contributed by atoms with Gasteiger partial charge in [0.1, 0.15) is 5.78 Å². The van der Waals surface area contributed by atoms with Crippen LogP contribution in [0.3, 0.4) is 0 Å². The average molecular weight is 164 g/mol. The molecule has 0 aromatic carbocycles. The first kappa shape index (κ1) is 9.24. The van der Waals surface area contributed by atoms with E-state index < -0.39 is 0 Å². The molecule has 2 unspecified atom stereocenters. The number of carbonyl (C=O) groups excluding carboxylic acids is 1. The maximum absolute atomic E-state index is 11.1. The zero-order valence-electron chi connectivity index (χ0n) is 7.89. The van der Waals surface area contributed by atoms with Crippen LogP contribution in [0.1, 0.15) is 26.7 Å². The Bertz CT molecular complexity index is 237. The average Bonchev–Trinajstić information content (AvgIpc) is 2.28. The van der Waals surface area contributed by atoms with Crippen LogP contribution < -0.4 is 0 Å². The highest BCUT2D eigenvalue weighted by atomic mass is 16.1. The first-order valence-corrected chi connectivity index (χ1v) is 4.37. The molecule has 0 radical (unpaired) electrons. The summed E-state index contributed by atoms with van der Waals surface area (Å²) in [6.07, 6.45) is 1.26. The third-order valence-electron chi connectivity index (χ3n) is 2.78. The molecule has 2 atom stereocenters. The second-order valence-corrected chi connectivity index (χ2v) is 3.82. The summed E-state index contributed by atoms with van der Waals surface area (Å²) in [6, 6.07) is 0. The van der Waals surface area contributed by atoms with Gasteiger partial charge in [0.15, 0.2) is 0 Å². The van der Waals surface area contributed by atoms with Crippen LogP contribution in [-0.4, -0.2) is 5.78 Å². The Kier molecular flexibility index (Phi) is 2.51. The van der Waals surface area contributed by atoms with E-state index in [0.29, 0.717) is 30.5 Å². The van der Waals surface area contributed by atoms with Crippen molar-refractivity contribution in [3.8, 4) is 0 Å². The first-order chi connectivity index (χ1) is 5.52. The Morgan fingerprint density at radius 1 is 1.67 bits per heavy atom. The van der Waals surface area contributed by atoms with Crippen molar-refractivity contribution in [2.45, 2.75) is 26.7 Å². The Morgan fingerprint density at radius 2 is 2.25 bits per heavy atom. The molecule has 0 N–H and O–H groups in total. The molecule has 0 spiro atoms. The molecule has 66 valence electrons. The molecule has 1 heteroatoms. The quantitative estimate of drug-likeness (QED) is 0.573. The monoisotopic (exact) mass is 164 g/mol. The normalized spacial score (nSPS) is 26.0.